The molecule has 25 nitrogen and oxygen atoms in total. The molecule has 0 saturated heterocycles. The van der Waals surface area contributed by atoms with Crippen LogP contribution in [0, 0.1) is 103 Å². The van der Waals surface area contributed by atoms with Gasteiger partial charge in [-0.2, -0.15) is 169 Å². The van der Waals surface area contributed by atoms with Gasteiger partial charge < -0.3 is 0 Å². The third-order valence-electron chi connectivity index (χ3n) is 31.5. The van der Waals surface area contributed by atoms with E-state index < -0.39 is 60.6 Å². The number of thiophene rings is 1. The average Bonchev–Trinajstić information content (AvgIpc) is 1.69. The second-order valence-electron chi connectivity index (χ2n) is 43.1. The molecule has 4 aliphatic heterocycles. The molecule has 0 N–H and O–H groups in total. The Hall–Kier alpha value is -11.5. The molecule has 143 heavy (non-hydrogen) atoms. The number of rotatable bonds is 1. The van der Waals surface area contributed by atoms with Crippen LogP contribution < -0.4 is 0 Å². The summed E-state index contributed by atoms with van der Waals surface area (Å²) in [5, 5.41) is 59.4. The molecule has 0 radical (unpaired) electrons. The van der Waals surface area contributed by atoms with Gasteiger partial charge in [0.15, 0.2) is 34.8 Å². The van der Waals surface area contributed by atoms with Crippen molar-refractivity contribution in [3.8, 4) is 57.0 Å². The molecule has 0 fully saturated rings. The first-order valence-electron chi connectivity index (χ1n) is 45.9. The Morgan fingerprint density at radius 2 is 0.699 bits per heavy atom. The number of hydrogen-bond acceptors (Lipinski definition) is 17. The maximum Gasteiger partial charge on any atom is 2.00 e. The number of benzene rings is 7. The van der Waals surface area contributed by atoms with Crippen LogP contribution in [0.15, 0.2) is 158 Å². The van der Waals surface area contributed by atoms with Gasteiger partial charge in [-0.05, 0) is 85.7 Å². The maximum absolute atomic E-state index is 15.7. The average molecular weight is 2660 g/mol. The standard InChI is InChI=1S/C30H36N4S2.C28H23F2N7.C27H24N8.C25H26N6.4Pt/c1-19-15-20-17-21(16-19)33-13-11-23(31-33)29(6,7)30(8,9)24-12-14-34(32-24)25-18-22(26(35-10)36-25)28(4,5)27(20,2)3;1-26(2)17-10-16(14-31)11-18(12-17)37-15-33-25(35-37)28(5,6)27(3,4)21-8-9-36(34-21)20-13-19(26)22(29)24(32-7)23(20)30;1-25(2)18-8-17(14-28)9-21(11-18)34-15-30-23(32-34)26(3,4)27(5,6)24-31-16-35(33-24)22-12-19(25)10-20(13-22)29-7;1-23(2)17-9-7-11-19(13-17)30-15-26-21(28-30)24(3,4)25(5,6)22-27-16-31(29-22)20-12-8-10-18(23)14-20;;;;/h11-16H,1-10H3;8-11,15H,1-6H3;8-10,13,15-16H,1-6H3;7-12,15-16H,1-6H3;;;;/q4*-2;4*+2. The van der Waals surface area contributed by atoms with E-state index in [1.165, 1.54) is 30.3 Å². The summed E-state index contributed by atoms with van der Waals surface area (Å²) in [4.78, 5) is 30.1. The molecule has 0 amide bonds. The first-order chi connectivity index (χ1) is 65.1. The van der Waals surface area contributed by atoms with Crippen LogP contribution in [0.5, 0.6) is 0 Å². The van der Waals surface area contributed by atoms with Crippen molar-refractivity contribution in [1.29, 1.82) is 10.5 Å². The summed E-state index contributed by atoms with van der Waals surface area (Å²) in [5.74, 6) is 1.24. The summed E-state index contributed by atoms with van der Waals surface area (Å²) in [7, 11) is 0. The van der Waals surface area contributed by atoms with Gasteiger partial charge >= 0.3 is 84.3 Å². The second kappa shape index (κ2) is 38.5. The minimum absolute atomic E-state index is 0. The van der Waals surface area contributed by atoms with Gasteiger partial charge in [-0.15, -0.1) is 60.2 Å². The van der Waals surface area contributed by atoms with Gasteiger partial charge in [0.1, 0.15) is 31.6 Å². The minimum atomic E-state index is -1.16. The van der Waals surface area contributed by atoms with Crippen molar-refractivity contribution in [3.05, 3.63) is 344 Å². The van der Waals surface area contributed by atoms with E-state index in [1.54, 1.807) is 124 Å². The number of fused-ring (bicyclic) bond motifs is 40. The first-order valence-corrected chi connectivity index (χ1v) is 47.9. The normalized spacial score (nSPS) is 17.2. The zero-order valence-electron chi connectivity index (χ0n) is 85.0. The third-order valence-corrected chi connectivity index (χ3v) is 33.7. The van der Waals surface area contributed by atoms with Crippen LogP contribution >= 0.6 is 23.1 Å². The van der Waals surface area contributed by atoms with E-state index in [4.69, 9.17) is 48.8 Å². The summed E-state index contributed by atoms with van der Waals surface area (Å²) >= 11 is 3.57. The van der Waals surface area contributed by atoms with Crippen LogP contribution in [0.4, 0.5) is 20.2 Å². The second-order valence-corrected chi connectivity index (χ2v) is 45.2. The van der Waals surface area contributed by atoms with Crippen LogP contribution in [0.1, 0.15) is 287 Å². The Balaban J connectivity index is 0.000000159. The Labute approximate surface area is 901 Å². The van der Waals surface area contributed by atoms with Crippen molar-refractivity contribution in [2.75, 3.05) is 6.26 Å². The number of nitrogens with zero attached hydrogens (tertiary/aromatic N) is 25. The molecule has 9 aromatic heterocycles. The molecule has 33 heteroatoms. The van der Waals surface area contributed by atoms with Crippen molar-refractivity contribution in [3.63, 3.8) is 0 Å². The fraction of sp³-hybridized carbons (Fsp3) is 0.373. The maximum atomic E-state index is 15.7. The predicted molar refractivity (Wildman–Crippen MR) is 531 cm³/mol. The van der Waals surface area contributed by atoms with Crippen molar-refractivity contribution < 1.29 is 93.0 Å². The van der Waals surface area contributed by atoms with Crippen LogP contribution in [0.3, 0.4) is 0 Å². The van der Waals surface area contributed by atoms with Gasteiger partial charge in [0, 0.05) is 78.5 Å². The monoisotopic (exact) mass is 2660 g/mol. The zero-order chi connectivity index (χ0) is 100. The third kappa shape index (κ3) is 18.3. The van der Waals surface area contributed by atoms with Gasteiger partial charge in [-0.1, -0.05) is 208 Å². The fourth-order valence-corrected chi connectivity index (χ4v) is 19.6. The van der Waals surface area contributed by atoms with Gasteiger partial charge in [-0.3, -0.25) is 32.5 Å². The number of nitriles is 2. The van der Waals surface area contributed by atoms with E-state index in [0.29, 0.717) is 62.6 Å². The Morgan fingerprint density at radius 3 is 1.13 bits per heavy atom. The van der Waals surface area contributed by atoms with Crippen molar-refractivity contribution in [1.82, 2.24) is 103 Å². The molecular weight excluding hydrogens is 2550 g/mol. The molecular formula is C110H109F2N25Pt4S2. The van der Waals surface area contributed by atoms with Crippen LogP contribution in [0.2, 0.25) is 0 Å². The van der Waals surface area contributed by atoms with E-state index in [2.05, 4.69) is 287 Å². The SMILES string of the molecule is CC1(C)c2[c-]c(ccc2)-n2cnc(n2)C(C)(C)C(C)(C)c2ncn(n2)-c2[c-]c1ccc2.CSc1sc2[c-]c1C(C)(C)C(C)(C)c1[c-]c(cc(C)c1)-n1ccc(n1)C(C)(C)C(C)(C)c1ccn-2n1.[C-]#[N+]c1c(F)c2[c-]c(c1F)C(C)(C)c1[c-]c(cc(C#N)c1)-n1cnc(n1)C(C)(C)C(C)(C)c1ccn-2n1.[C-]#[N+]c1cc2[c-]c(c1)C(C)(C)c1[c-]c(cc(C#N)c1)-n1cnc(n1)C(C)(C)C(C)(C)c1ncn-2n1.[Pt+2].[Pt+2].[Pt+2].[Pt+2]. The molecule has 740 valence electrons. The van der Waals surface area contributed by atoms with E-state index in [0.717, 1.165) is 67.4 Å². The van der Waals surface area contributed by atoms with E-state index >= 15 is 8.78 Å². The fourth-order valence-electron chi connectivity index (χ4n) is 17.6. The summed E-state index contributed by atoms with van der Waals surface area (Å²) in [6.45, 7) is 72.3. The summed E-state index contributed by atoms with van der Waals surface area (Å²) in [6.07, 6.45) is 16.3. The Morgan fingerprint density at radius 1 is 0.343 bits per heavy atom. The van der Waals surface area contributed by atoms with Gasteiger partial charge in [0.2, 0.25) is 0 Å². The molecule has 32 bridgehead atoms. The smallest absolute Gasteiger partial charge is 0.297 e. The Bertz CT molecular complexity index is 7550. The molecule has 13 heterocycles. The zero-order valence-corrected chi connectivity index (χ0v) is 95.7. The van der Waals surface area contributed by atoms with Gasteiger partial charge in [-0.25, -0.2) is 77.5 Å². The van der Waals surface area contributed by atoms with Crippen LogP contribution in [-0.4, -0.2) is 109 Å². The van der Waals surface area contributed by atoms with Crippen molar-refractivity contribution >= 4 is 34.5 Å². The molecule has 16 aromatic rings. The first kappa shape index (κ1) is 109. The summed E-state index contributed by atoms with van der Waals surface area (Å²) < 4.78 is 46.1. The Kier molecular flexibility index (Phi) is 29.3. The van der Waals surface area contributed by atoms with Crippen molar-refractivity contribution in [2.45, 2.75) is 262 Å². The number of aryl methyl sites for hydroxylation is 1. The molecule has 0 unspecified atom stereocenters. The summed E-state index contributed by atoms with van der Waals surface area (Å²) in [6, 6.07) is 65.2. The molecule has 20 rings (SSSR count). The molecule has 0 spiro atoms. The molecule has 0 atom stereocenters. The van der Waals surface area contributed by atoms with E-state index in [9.17, 15) is 10.5 Å². The number of thioether (sulfide) groups is 1. The minimum Gasteiger partial charge on any atom is -0.297 e. The molecule has 4 aliphatic rings. The van der Waals surface area contributed by atoms with Crippen LogP contribution in [0.25, 0.3) is 54.5 Å². The topological polar surface area (TPSA) is 263 Å². The predicted octanol–water partition coefficient (Wildman–Crippen LogP) is 22.3. The van der Waals surface area contributed by atoms with Gasteiger partial charge in [0.05, 0.1) is 48.1 Å². The van der Waals surface area contributed by atoms with E-state index in [1.807, 2.05) is 87.3 Å². The van der Waals surface area contributed by atoms with E-state index in [-0.39, 0.29) is 123 Å². The summed E-state index contributed by atoms with van der Waals surface area (Å²) in [5.41, 5.74) is 9.03. The largest absolute Gasteiger partial charge is 2.00 e. The molecule has 0 saturated carbocycles. The number of aromatic nitrogens is 21. The number of halogens is 2. The van der Waals surface area contributed by atoms with Crippen LogP contribution in [-0.2, 0) is 155 Å². The van der Waals surface area contributed by atoms with Crippen molar-refractivity contribution in [2.24, 2.45) is 0 Å². The molecule has 7 aromatic carbocycles. The van der Waals surface area contributed by atoms with Gasteiger partial charge in [0.25, 0.3) is 0 Å². The number of hydrogen-bond donors (Lipinski definition) is 0. The molecule has 0 aliphatic carbocycles. The quantitative estimate of drug-likeness (QED) is 0.109.